The van der Waals surface area contributed by atoms with Crippen molar-refractivity contribution >= 4 is 11.6 Å². The van der Waals surface area contributed by atoms with Gasteiger partial charge < -0.3 is 4.98 Å². The van der Waals surface area contributed by atoms with Crippen LogP contribution in [0.1, 0.15) is 11.3 Å². The fraction of sp³-hybridized carbons (Fsp3) is 0.0769. The summed E-state index contributed by atoms with van der Waals surface area (Å²) in [5, 5.41) is 8.90. The van der Waals surface area contributed by atoms with Crippen molar-refractivity contribution in [2.24, 2.45) is 0 Å². The molecular weight excluding hydrogens is 274 g/mol. The maximum atomic E-state index is 13.8. The first kappa shape index (κ1) is 13.2. The van der Waals surface area contributed by atoms with Crippen LogP contribution >= 0.6 is 11.6 Å². The SMILES string of the molecule is Cc1cc(-c2c(Cl)ccc(F)c2F)c(C#N)c(=O)[nH]1. The topological polar surface area (TPSA) is 56.6 Å². The minimum atomic E-state index is -1.19. The van der Waals surface area contributed by atoms with Crippen molar-refractivity contribution in [3.8, 4) is 17.2 Å². The van der Waals surface area contributed by atoms with Gasteiger partial charge in [0.25, 0.3) is 5.56 Å². The molecule has 6 heteroatoms. The minimum Gasteiger partial charge on any atom is -0.325 e. The molecule has 0 aliphatic heterocycles. The number of rotatable bonds is 1. The Labute approximate surface area is 112 Å². The number of nitriles is 1. The Morgan fingerprint density at radius 3 is 2.68 bits per heavy atom. The molecular formula is C13H7ClF2N2O. The number of pyridine rings is 1. The van der Waals surface area contributed by atoms with E-state index in [-0.39, 0.29) is 21.7 Å². The third-order valence-electron chi connectivity index (χ3n) is 2.59. The summed E-state index contributed by atoms with van der Waals surface area (Å²) in [6, 6.07) is 5.11. The first-order chi connectivity index (χ1) is 8.95. The second-order valence-electron chi connectivity index (χ2n) is 3.90. The number of H-pyrrole nitrogens is 1. The van der Waals surface area contributed by atoms with E-state index in [0.29, 0.717) is 5.69 Å². The summed E-state index contributed by atoms with van der Waals surface area (Å²) in [5.74, 6) is -2.28. The van der Waals surface area contributed by atoms with E-state index in [9.17, 15) is 13.6 Å². The normalized spacial score (nSPS) is 10.3. The lowest BCUT2D eigenvalue weighted by Gasteiger charge is -2.09. The molecule has 19 heavy (non-hydrogen) atoms. The van der Waals surface area contributed by atoms with Gasteiger partial charge in [0, 0.05) is 16.8 Å². The molecule has 1 aromatic carbocycles. The van der Waals surface area contributed by atoms with Crippen LogP contribution in [0.25, 0.3) is 11.1 Å². The molecule has 3 nitrogen and oxygen atoms in total. The maximum Gasteiger partial charge on any atom is 0.266 e. The number of halogens is 3. The van der Waals surface area contributed by atoms with E-state index in [1.807, 2.05) is 0 Å². The van der Waals surface area contributed by atoms with Gasteiger partial charge in [-0.2, -0.15) is 5.26 Å². The molecule has 96 valence electrons. The van der Waals surface area contributed by atoms with Gasteiger partial charge in [-0.3, -0.25) is 4.79 Å². The predicted molar refractivity (Wildman–Crippen MR) is 66.9 cm³/mol. The van der Waals surface area contributed by atoms with E-state index in [2.05, 4.69) is 4.98 Å². The molecule has 0 saturated carbocycles. The molecule has 0 bridgehead atoms. The van der Waals surface area contributed by atoms with Crippen LogP contribution in [0.3, 0.4) is 0 Å². The van der Waals surface area contributed by atoms with Gasteiger partial charge in [0.15, 0.2) is 11.6 Å². The summed E-state index contributed by atoms with van der Waals surface area (Å²) in [6.07, 6.45) is 0. The molecule has 0 fully saturated rings. The lowest BCUT2D eigenvalue weighted by atomic mass is 10.0. The van der Waals surface area contributed by atoms with E-state index in [0.717, 1.165) is 6.07 Å². The predicted octanol–water partition coefficient (Wildman–Crippen LogP) is 3.15. The molecule has 0 aliphatic carbocycles. The molecule has 0 unspecified atom stereocenters. The summed E-state index contributed by atoms with van der Waals surface area (Å²) in [7, 11) is 0. The highest BCUT2D eigenvalue weighted by atomic mass is 35.5. The summed E-state index contributed by atoms with van der Waals surface area (Å²) < 4.78 is 27.1. The van der Waals surface area contributed by atoms with Crippen LogP contribution in [-0.2, 0) is 0 Å². The van der Waals surface area contributed by atoms with E-state index >= 15 is 0 Å². The fourth-order valence-corrected chi connectivity index (χ4v) is 2.02. The summed E-state index contributed by atoms with van der Waals surface area (Å²) in [6.45, 7) is 1.57. The highest BCUT2D eigenvalue weighted by Crippen LogP contribution is 2.33. The molecule has 0 atom stereocenters. The first-order valence-corrected chi connectivity index (χ1v) is 5.61. The lowest BCUT2D eigenvalue weighted by Crippen LogP contribution is -2.13. The molecule has 2 aromatic rings. The number of hydrogen-bond acceptors (Lipinski definition) is 2. The molecule has 0 saturated heterocycles. The molecule has 2 rings (SSSR count). The van der Waals surface area contributed by atoms with E-state index in [1.54, 1.807) is 13.0 Å². The number of aromatic amines is 1. The van der Waals surface area contributed by atoms with E-state index < -0.39 is 17.2 Å². The molecule has 0 aliphatic rings. The summed E-state index contributed by atoms with van der Waals surface area (Å²) in [4.78, 5) is 14.1. The van der Waals surface area contributed by atoms with Gasteiger partial charge in [-0.25, -0.2) is 8.78 Å². The van der Waals surface area contributed by atoms with Crippen LogP contribution in [-0.4, -0.2) is 4.98 Å². The summed E-state index contributed by atoms with van der Waals surface area (Å²) >= 11 is 5.84. The van der Waals surface area contributed by atoms with Gasteiger partial charge in [0.05, 0.1) is 5.02 Å². The average Bonchev–Trinajstić information content (AvgIpc) is 2.34. The van der Waals surface area contributed by atoms with Gasteiger partial charge >= 0.3 is 0 Å². The third-order valence-corrected chi connectivity index (χ3v) is 2.91. The van der Waals surface area contributed by atoms with Crippen LogP contribution in [0.2, 0.25) is 5.02 Å². The number of benzene rings is 1. The molecule has 1 heterocycles. The standard InChI is InChI=1S/C13H7ClF2N2O/c1-6-4-7(8(5-17)13(19)18-6)11-9(14)2-3-10(15)12(11)16/h2-4H,1H3,(H,18,19). The monoisotopic (exact) mass is 280 g/mol. The Kier molecular flexibility index (Phi) is 3.36. The Balaban J connectivity index is 2.92. The highest BCUT2D eigenvalue weighted by molar-refractivity contribution is 6.33. The highest BCUT2D eigenvalue weighted by Gasteiger charge is 2.19. The number of nitrogens with zero attached hydrogens (tertiary/aromatic N) is 1. The van der Waals surface area contributed by atoms with Crippen molar-refractivity contribution in [2.75, 3.05) is 0 Å². The number of hydrogen-bond donors (Lipinski definition) is 1. The van der Waals surface area contributed by atoms with Gasteiger partial charge in [-0.15, -0.1) is 0 Å². The first-order valence-electron chi connectivity index (χ1n) is 5.23. The largest absolute Gasteiger partial charge is 0.325 e. The summed E-state index contributed by atoms with van der Waals surface area (Å²) in [5.41, 5.74) is -0.869. The van der Waals surface area contributed by atoms with Gasteiger partial charge in [0.2, 0.25) is 0 Å². The van der Waals surface area contributed by atoms with Crippen LogP contribution in [0.4, 0.5) is 8.78 Å². The van der Waals surface area contributed by atoms with Crippen molar-refractivity contribution in [1.29, 1.82) is 5.26 Å². The lowest BCUT2D eigenvalue weighted by molar-refractivity contribution is 0.511. The Morgan fingerprint density at radius 1 is 1.37 bits per heavy atom. The Hall–Kier alpha value is -2.19. The molecule has 1 N–H and O–H groups in total. The van der Waals surface area contributed by atoms with Gasteiger partial charge in [-0.05, 0) is 25.1 Å². The Bertz CT molecular complexity index is 762. The second-order valence-corrected chi connectivity index (χ2v) is 4.31. The van der Waals surface area contributed by atoms with Crippen LogP contribution < -0.4 is 5.56 Å². The molecule has 0 radical (unpaired) electrons. The zero-order chi connectivity index (χ0) is 14.2. The van der Waals surface area contributed by atoms with Crippen molar-refractivity contribution in [2.45, 2.75) is 6.92 Å². The average molecular weight is 281 g/mol. The zero-order valence-corrected chi connectivity index (χ0v) is 10.5. The zero-order valence-electron chi connectivity index (χ0n) is 9.72. The quantitative estimate of drug-likeness (QED) is 0.816. The fourth-order valence-electron chi connectivity index (χ4n) is 1.77. The molecule has 0 spiro atoms. The number of aryl methyl sites for hydroxylation is 1. The third kappa shape index (κ3) is 2.23. The van der Waals surface area contributed by atoms with E-state index in [1.165, 1.54) is 12.1 Å². The van der Waals surface area contributed by atoms with Crippen molar-refractivity contribution in [3.05, 3.63) is 56.5 Å². The van der Waals surface area contributed by atoms with Gasteiger partial charge in [0.1, 0.15) is 11.6 Å². The van der Waals surface area contributed by atoms with Crippen LogP contribution in [0, 0.1) is 29.9 Å². The van der Waals surface area contributed by atoms with Crippen molar-refractivity contribution < 1.29 is 8.78 Å². The van der Waals surface area contributed by atoms with E-state index in [4.69, 9.17) is 16.9 Å². The van der Waals surface area contributed by atoms with Gasteiger partial charge in [-0.1, -0.05) is 11.6 Å². The Morgan fingerprint density at radius 2 is 2.05 bits per heavy atom. The number of aromatic nitrogens is 1. The van der Waals surface area contributed by atoms with Crippen LogP contribution in [0.5, 0.6) is 0 Å². The van der Waals surface area contributed by atoms with Crippen LogP contribution in [0.15, 0.2) is 23.0 Å². The maximum absolute atomic E-state index is 13.8. The van der Waals surface area contributed by atoms with Crippen molar-refractivity contribution in [3.63, 3.8) is 0 Å². The second kappa shape index (κ2) is 4.82. The molecule has 0 amide bonds. The van der Waals surface area contributed by atoms with Crippen molar-refractivity contribution in [1.82, 2.24) is 4.98 Å². The number of nitrogens with one attached hydrogen (secondary N) is 1. The minimum absolute atomic E-state index is 0.0225. The smallest absolute Gasteiger partial charge is 0.266 e. The molecule has 1 aromatic heterocycles.